The molecule has 2 heterocycles. The normalized spacial score (nSPS) is 10.4. The van der Waals surface area contributed by atoms with Gasteiger partial charge in [-0.25, -0.2) is 0 Å². The maximum absolute atomic E-state index is 12.5. The van der Waals surface area contributed by atoms with Gasteiger partial charge in [0.05, 0.1) is 19.8 Å². The number of amides is 1. The molecule has 0 aliphatic carbocycles. The molecule has 1 N–H and O–H groups in total. The van der Waals surface area contributed by atoms with Crippen LogP contribution in [0.3, 0.4) is 0 Å². The highest BCUT2D eigenvalue weighted by Crippen LogP contribution is 2.25. The van der Waals surface area contributed by atoms with Gasteiger partial charge in [-0.15, -0.1) is 0 Å². The molecule has 3 aromatic rings. The van der Waals surface area contributed by atoms with Gasteiger partial charge in [-0.1, -0.05) is 0 Å². The smallest absolute Gasteiger partial charge is 0.260 e. The zero-order valence-electron chi connectivity index (χ0n) is 14.7. The Morgan fingerprint density at radius 3 is 2.65 bits per heavy atom. The van der Waals surface area contributed by atoms with Crippen LogP contribution in [0.5, 0.6) is 11.5 Å². The summed E-state index contributed by atoms with van der Waals surface area (Å²) in [6, 6.07) is 10.8. The van der Waals surface area contributed by atoms with E-state index < -0.39 is 0 Å². The minimum atomic E-state index is -0.288. The van der Waals surface area contributed by atoms with Crippen molar-refractivity contribution in [3.05, 3.63) is 66.1 Å². The van der Waals surface area contributed by atoms with E-state index in [1.165, 1.54) is 12.7 Å². The number of methoxy groups -OCH3 is 2. The summed E-state index contributed by atoms with van der Waals surface area (Å²) >= 11 is 0. The standard InChI is InChI=1S/C19H20N4O3/c1-25-15-3-4-16(17(13-15)26-2)19(24)21-18-8-12-23(22-18)11-7-14-5-9-20-10-6-14/h3-6,8-10,12-13H,7,11H2,1-2H3,(H,21,22,24). The predicted molar refractivity (Wildman–Crippen MR) is 97.7 cm³/mol. The van der Waals surface area contributed by atoms with Crippen LogP contribution in [0.1, 0.15) is 15.9 Å². The monoisotopic (exact) mass is 352 g/mol. The molecule has 26 heavy (non-hydrogen) atoms. The van der Waals surface area contributed by atoms with Crippen LogP contribution in [0.4, 0.5) is 5.82 Å². The molecule has 134 valence electrons. The van der Waals surface area contributed by atoms with Gasteiger partial charge in [-0.05, 0) is 36.2 Å². The Labute approximate surface area is 151 Å². The molecule has 7 nitrogen and oxygen atoms in total. The van der Waals surface area contributed by atoms with Crippen molar-refractivity contribution in [3.63, 3.8) is 0 Å². The molecule has 0 spiro atoms. The molecule has 0 aliphatic rings. The maximum atomic E-state index is 12.5. The summed E-state index contributed by atoms with van der Waals surface area (Å²) < 4.78 is 12.2. The lowest BCUT2D eigenvalue weighted by atomic mass is 10.1. The van der Waals surface area contributed by atoms with E-state index in [-0.39, 0.29) is 5.91 Å². The summed E-state index contributed by atoms with van der Waals surface area (Å²) in [5.41, 5.74) is 1.60. The van der Waals surface area contributed by atoms with E-state index in [1.807, 2.05) is 18.3 Å². The lowest BCUT2D eigenvalue weighted by molar-refractivity contribution is 0.102. The Bertz CT molecular complexity index is 878. The zero-order chi connectivity index (χ0) is 18.4. The average molecular weight is 352 g/mol. The molecule has 3 rings (SSSR count). The molecule has 0 radical (unpaired) electrons. The van der Waals surface area contributed by atoms with Gasteiger partial charge in [-0.3, -0.25) is 14.5 Å². The Balaban J connectivity index is 1.64. The van der Waals surface area contributed by atoms with Crippen LogP contribution in [0.25, 0.3) is 0 Å². The van der Waals surface area contributed by atoms with Gasteiger partial charge in [0, 0.05) is 37.3 Å². The van der Waals surface area contributed by atoms with Gasteiger partial charge >= 0.3 is 0 Å². The van der Waals surface area contributed by atoms with E-state index in [9.17, 15) is 4.79 Å². The third-order valence-corrected chi connectivity index (χ3v) is 3.91. The number of nitrogens with one attached hydrogen (secondary N) is 1. The first-order valence-electron chi connectivity index (χ1n) is 8.15. The molecule has 0 aliphatic heterocycles. The Morgan fingerprint density at radius 1 is 1.12 bits per heavy atom. The van der Waals surface area contributed by atoms with E-state index in [0.29, 0.717) is 29.4 Å². The van der Waals surface area contributed by atoms with Crippen molar-refractivity contribution in [2.24, 2.45) is 0 Å². The fourth-order valence-corrected chi connectivity index (χ4v) is 2.52. The van der Waals surface area contributed by atoms with Crippen molar-refractivity contribution in [2.45, 2.75) is 13.0 Å². The minimum Gasteiger partial charge on any atom is -0.497 e. The number of nitrogens with zero attached hydrogens (tertiary/aromatic N) is 3. The molecule has 1 amide bonds. The number of anilines is 1. The maximum Gasteiger partial charge on any atom is 0.260 e. The first kappa shape index (κ1) is 17.5. The highest BCUT2D eigenvalue weighted by molar-refractivity contribution is 6.05. The quantitative estimate of drug-likeness (QED) is 0.707. The number of ether oxygens (including phenoxy) is 2. The summed E-state index contributed by atoms with van der Waals surface area (Å²) in [5.74, 6) is 1.27. The van der Waals surface area contributed by atoms with Crippen molar-refractivity contribution >= 4 is 11.7 Å². The molecular formula is C19H20N4O3. The summed E-state index contributed by atoms with van der Waals surface area (Å²) in [7, 11) is 3.08. The Kier molecular flexibility index (Phi) is 5.48. The highest BCUT2D eigenvalue weighted by atomic mass is 16.5. The van der Waals surface area contributed by atoms with Gasteiger partial charge in [0.25, 0.3) is 5.91 Å². The van der Waals surface area contributed by atoms with Crippen LogP contribution in [0.15, 0.2) is 55.0 Å². The average Bonchev–Trinajstić information content (AvgIpc) is 3.13. The second kappa shape index (κ2) is 8.15. The van der Waals surface area contributed by atoms with E-state index in [1.54, 1.807) is 48.5 Å². The lowest BCUT2D eigenvalue weighted by Crippen LogP contribution is -2.14. The van der Waals surface area contributed by atoms with Crippen LogP contribution in [0, 0.1) is 0 Å². The highest BCUT2D eigenvalue weighted by Gasteiger charge is 2.14. The summed E-state index contributed by atoms with van der Waals surface area (Å²) in [5, 5.41) is 7.17. The number of pyridine rings is 1. The van der Waals surface area contributed by atoms with Crippen molar-refractivity contribution < 1.29 is 14.3 Å². The number of carbonyl (C=O) groups is 1. The number of aromatic nitrogens is 3. The summed E-state index contributed by atoms with van der Waals surface area (Å²) in [6.07, 6.45) is 6.21. The van der Waals surface area contributed by atoms with Crippen molar-refractivity contribution in [2.75, 3.05) is 19.5 Å². The number of hydrogen-bond acceptors (Lipinski definition) is 5. The number of aryl methyl sites for hydroxylation is 2. The molecule has 0 bridgehead atoms. The van der Waals surface area contributed by atoms with Crippen LogP contribution >= 0.6 is 0 Å². The topological polar surface area (TPSA) is 78.3 Å². The van der Waals surface area contributed by atoms with E-state index in [4.69, 9.17) is 9.47 Å². The summed E-state index contributed by atoms with van der Waals surface area (Å²) in [6.45, 7) is 0.714. The second-order valence-corrected chi connectivity index (χ2v) is 5.59. The van der Waals surface area contributed by atoms with Gasteiger partial charge in [0.1, 0.15) is 11.5 Å². The van der Waals surface area contributed by atoms with Crippen molar-refractivity contribution in [3.8, 4) is 11.5 Å². The predicted octanol–water partition coefficient (Wildman–Crippen LogP) is 2.79. The number of benzene rings is 1. The second-order valence-electron chi connectivity index (χ2n) is 5.59. The third-order valence-electron chi connectivity index (χ3n) is 3.91. The minimum absolute atomic E-state index is 0.288. The van der Waals surface area contributed by atoms with Crippen molar-refractivity contribution in [1.82, 2.24) is 14.8 Å². The first-order valence-corrected chi connectivity index (χ1v) is 8.15. The summed E-state index contributed by atoms with van der Waals surface area (Å²) in [4.78, 5) is 16.5. The molecular weight excluding hydrogens is 332 g/mol. The zero-order valence-corrected chi connectivity index (χ0v) is 14.7. The molecule has 2 aromatic heterocycles. The van der Waals surface area contributed by atoms with Crippen LogP contribution in [0.2, 0.25) is 0 Å². The molecule has 0 saturated heterocycles. The Hall–Kier alpha value is -3.35. The molecule has 7 heteroatoms. The van der Waals surface area contributed by atoms with Gasteiger partial charge in [0.15, 0.2) is 5.82 Å². The van der Waals surface area contributed by atoms with Crippen LogP contribution < -0.4 is 14.8 Å². The molecule has 0 atom stereocenters. The van der Waals surface area contributed by atoms with Gasteiger partial charge in [-0.2, -0.15) is 5.10 Å². The van der Waals surface area contributed by atoms with E-state index in [2.05, 4.69) is 15.4 Å². The Morgan fingerprint density at radius 2 is 1.92 bits per heavy atom. The van der Waals surface area contributed by atoms with E-state index in [0.717, 1.165) is 6.42 Å². The number of hydrogen-bond donors (Lipinski definition) is 1. The lowest BCUT2D eigenvalue weighted by Gasteiger charge is -2.09. The van der Waals surface area contributed by atoms with Gasteiger partial charge < -0.3 is 14.8 Å². The number of rotatable bonds is 7. The molecule has 0 saturated carbocycles. The fraction of sp³-hybridized carbons (Fsp3) is 0.211. The van der Waals surface area contributed by atoms with Gasteiger partial charge in [0.2, 0.25) is 0 Å². The molecule has 0 unspecified atom stereocenters. The van der Waals surface area contributed by atoms with E-state index >= 15 is 0 Å². The molecule has 0 fully saturated rings. The molecule has 1 aromatic carbocycles. The number of carbonyl (C=O) groups excluding carboxylic acids is 1. The van der Waals surface area contributed by atoms with Crippen molar-refractivity contribution in [1.29, 1.82) is 0 Å². The largest absolute Gasteiger partial charge is 0.497 e. The SMILES string of the molecule is COc1ccc(C(=O)Nc2ccn(CCc3ccncc3)n2)c(OC)c1. The van der Waals surface area contributed by atoms with Crippen LogP contribution in [-0.2, 0) is 13.0 Å². The fourth-order valence-electron chi connectivity index (χ4n) is 2.52. The van der Waals surface area contributed by atoms with Crippen LogP contribution in [-0.4, -0.2) is 34.9 Å². The first-order chi connectivity index (χ1) is 12.7. The third kappa shape index (κ3) is 4.18.